The molecule has 1 aromatic carbocycles. The summed E-state index contributed by atoms with van der Waals surface area (Å²) in [6.45, 7) is 0.993. The highest BCUT2D eigenvalue weighted by molar-refractivity contribution is 5.32. The first-order chi connectivity index (χ1) is 7.36. The highest BCUT2D eigenvalue weighted by Gasteiger charge is 1.95. The maximum atomic E-state index is 8.05. The molecular formula is C10H13N3O2. The minimum atomic E-state index is 0.459. The van der Waals surface area contributed by atoms with Gasteiger partial charge in [0.2, 0.25) is 0 Å². The molecule has 0 amide bonds. The molecule has 0 fully saturated rings. The molecule has 0 aliphatic rings. The number of ether oxygens (including phenoxy) is 2. The monoisotopic (exact) mass is 207 g/mol. The fourth-order valence-corrected chi connectivity index (χ4v) is 1.06. The average Bonchev–Trinajstić information content (AvgIpc) is 2.29. The van der Waals surface area contributed by atoms with Gasteiger partial charge in [-0.3, -0.25) is 0 Å². The number of methoxy groups -OCH3 is 1. The van der Waals surface area contributed by atoms with Crippen LogP contribution in [0.5, 0.6) is 11.5 Å². The number of benzene rings is 1. The third-order valence-corrected chi connectivity index (χ3v) is 1.78. The van der Waals surface area contributed by atoms with Crippen LogP contribution in [-0.4, -0.2) is 20.3 Å². The van der Waals surface area contributed by atoms with Gasteiger partial charge in [-0.25, -0.2) is 0 Å². The fraction of sp³-hybridized carbons (Fsp3) is 0.400. The lowest BCUT2D eigenvalue weighted by Crippen LogP contribution is -1.98. The molecule has 1 rings (SSSR count). The summed E-state index contributed by atoms with van der Waals surface area (Å²) in [5, 5.41) is 3.41. The van der Waals surface area contributed by atoms with E-state index in [0.717, 1.165) is 11.5 Å². The molecule has 0 bridgehead atoms. The van der Waals surface area contributed by atoms with E-state index in [1.807, 2.05) is 24.3 Å². The summed E-state index contributed by atoms with van der Waals surface area (Å²) >= 11 is 0. The molecule has 0 heterocycles. The molecule has 0 aliphatic carbocycles. The van der Waals surface area contributed by atoms with Crippen LogP contribution in [0.1, 0.15) is 6.42 Å². The Kier molecular flexibility index (Phi) is 4.90. The van der Waals surface area contributed by atoms with Crippen LogP contribution in [0.3, 0.4) is 0 Å². The summed E-state index contributed by atoms with van der Waals surface area (Å²) in [6, 6.07) is 7.39. The topological polar surface area (TPSA) is 67.2 Å². The largest absolute Gasteiger partial charge is 0.497 e. The molecule has 5 heteroatoms. The van der Waals surface area contributed by atoms with Crippen LogP contribution < -0.4 is 9.47 Å². The quantitative estimate of drug-likeness (QED) is 0.311. The van der Waals surface area contributed by atoms with E-state index in [1.54, 1.807) is 7.11 Å². The van der Waals surface area contributed by atoms with Crippen LogP contribution in [0.2, 0.25) is 0 Å². The lowest BCUT2D eigenvalue weighted by molar-refractivity contribution is 0.311. The van der Waals surface area contributed by atoms with Gasteiger partial charge >= 0.3 is 0 Å². The van der Waals surface area contributed by atoms with Gasteiger partial charge in [0.15, 0.2) is 0 Å². The van der Waals surface area contributed by atoms with Gasteiger partial charge < -0.3 is 9.47 Å². The first-order valence-electron chi connectivity index (χ1n) is 4.64. The summed E-state index contributed by atoms with van der Waals surface area (Å²) in [5.74, 6) is 1.53. The van der Waals surface area contributed by atoms with Crippen molar-refractivity contribution in [3.63, 3.8) is 0 Å². The Morgan fingerprint density at radius 3 is 2.93 bits per heavy atom. The van der Waals surface area contributed by atoms with E-state index in [-0.39, 0.29) is 0 Å². The molecule has 0 unspecified atom stereocenters. The van der Waals surface area contributed by atoms with E-state index in [0.29, 0.717) is 19.6 Å². The summed E-state index contributed by atoms with van der Waals surface area (Å²) in [6.07, 6.45) is 0.710. The van der Waals surface area contributed by atoms with Gasteiger partial charge in [-0.15, -0.1) is 0 Å². The summed E-state index contributed by atoms with van der Waals surface area (Å²) in [4.78, 5) is 2.66. The smallest absolute Gasteiger partial charge is 0.122 e. The molecule has 5 nitrogen and oxygen atoms in total. The lowest BCUT2D eigenvalue weighted by Gasteiger charge is -2.06. The predicted molar refractivity (Wildman–Crippen MR) is 57.1 cm³/mol. The second-order valence-electron chi connectivity index (χ2n) is 2.84. The molecule has 0 spiro atoms. The first-order valence-corrected chi connectivity index (χ1v) is 4.64. The molecule has 0 N–H and O–H groups in total. The number of hydrogen-bond acceptors (Lipinski definition) is 3. The molecule has 15 heavy (non-hydrogen) atoms. The van der Waals surface area contributed by atoms with Gasteiger partial charge in [-0.1, -0.05) is 11.2 Å². The van der Waals surface area contributed by atoms with E-state index in [2.05, 4.69) is 10.0 Å². The van der Waals surface area contributed by atoms with E-state index < -0.39 is 0 Å². The van der Waals surface area contributed by atoms with Crippen LogP contribution in [-0.2, 0) is 0 Å². The second kappa shape index (κ2) is 6.56. The third-order valence-electron chi connectivity index (χ3n) is 1.78. The Morgan fingerprint density at radius 1 is 1.40 bits per heavy atom. The number of azide groups is 1. The SMILES string of the molecule is COc1cccc(OCCCN=[N+]=[N-])c1. The first kappa shape index (κ1) is 11.2. The zero-order chi connectivity index (χ0) is 10.9. The van der Waals surface area contributed by atoms with Crippen molar-refractivity contribution >= 4 is 0 Å². The van der Waals surface area contributed by atoms with Gasteiger partial charge in [0.05, 0.1) is 13.7 Å². The molecule has 0 saturated carbocycles. The zero-order valence-corrected chi connectivity index (χ0v) is 8.59. The summed E-state index contributed by atoms with van der Waals surface area (Å²) in [7, 11) is 1.61. The van der Waals surface area contributed by atoms with Crippen molar-refractivity contribution in [3.05, 3.63) is 34.7 Å². The minimum Gasteiger partial charge on any atom is -0.497 e. The Hall–Kier alpha value is -1.87. The highest BCUT2D eigenvalue weighted by Crippen LogP contribution is 2.18. The molecule has 0 atom stereocenters. The van der Waals surface area contributed by atoms with Crippen LogP contribution in [0.25, 0.3) is 10.4 Å². The van der Waals surface area contributed by atoms with Crippen molar-refractivity contribution in [2.24, 2.45) is 5.11 Å². The normalized spacial score (nSPS) is 9.13. The molecule has 0 saturated heterocycles. The fourth-order valence-electron chi connectivity index (χ4n) is 1.06. The van der Waals surface area contributed by atoms with E-state index in [4.69, 9.17) is 15.0 Å². The van der Waals surface area contributed by atoms with Gasteiger partial charge in [0.1, 0.15) is 11.5 Å². The van der Waals surface area contributed by atoms with Gasteiger partial charge in [0.25, 0.3) is 0 Å². The maximum absolute atomic E-state index is 8.05. The Bertz CT molecular complexity index is 348. The number of rotatable bonds is 6. The molecule has 0 radical (unpaired) electrons. The van der Waals surface area contributed by atoms with E-state index in [9.17, 15) is 0 Å². The summed E-state index contributed by atoms with van der Waals surface area (Å²) < 4.78 is 10.5. The maximum Gasteiger partial charge on any atom is 0.122 e. The Morgan fingerprint density at radius 2 is 2.20 bits per heavy atom. The molecule has 80 valence electrons. The van der Waals surface area contributed by atoms with Gasteiger partial charge in [0, 0.05) is 17.5 Å². The van der Waals surface area contributed by atoms with Crippen LogP contribution in [0, 0.1) is 0 Å². The van der Waals surface area contributed by atoms with Gasteiger partial charge in [-0.2, -0.15) is 0 Å². The van der Waals surface area contributed by atoms with Crippen molar-refractivity contribution in [2.75, 3.05) is 20.3 Å². The van der Waals surface area contributed by atoms with Crippen molar-refractivity contribution in [1.29, 1.82) is 0 Å². The van der Waals surface area contributed by atoms with Crippen molar-refractivity contribution in [2.45, 2.75) is 6.42 Å². The Balaban J connectivity index is 2.33. The standard InChI is InChI=1S/C10H13N3O2/c1-14-9-4-2-5-10(8-9)15-7-3-6-12-13-11/h2,4-5,8H,3,6-7H2,1H3. The number of hydrogen-bond donors (Lipinski definition) is 0. The van der Waals surface area contributed by atoms with Crippen molar-refractivity contribution < 1.29 is 9.47 Å². The van der Waals surface area contributed by atoms with Crippen LogP contribution >= 0.6 is 0 Å². The van der Waals surface area contributed by atoms with E-state index in [1.165, 1.54) is 0 Å². The van der Waals surface area contributed by atoms with Crippen LogP contribution in [0.4, 0.5) is 0 Å². The second-order valence-corrected chi connectivity index (χ2v) is 2.84. The molecule has 1 aromatic rings. The van der Waals surface area contributed by atoms with Gasteiger partial charge in [-0.05, 0) is 24.1 Å². The minimum absolute atomic E-state index is 0.459. The van der Waals surface area contributed by atoms with Crippen molar-refractivity contribution in [1.82, 2.24) is 0 Å². The molecule has 0 aliphatic heterocycles. The zero-order valence-electron chi connectivity index (χ0n) is 8.59. The lowest BCUT2D eigenvalue weighted by atomic mass is 10.3. The third kappa shape index (κ3) is 4.24. The predicted octanol–water partition coefficient (Wildman–Crippen LogP) is 2.77. The molecule has 0 aromatic heterocycles. The Labute approximate surface area is 88.3 Å². The average molecular weight is 207 g/mol. The highest BCUT2D eigenvalue weighted by atomic mass is 16.5. The summed E-state index contributed by atoms with van der Waals surface area (Å²) in [5.41, 5.74) is 8.05. The molecular weight excluding hydrogens is 194 g/mol. The van der Waals surface area contributed by atoms with Crippen LogP contribution in [0.15, 0.2) is 29.4 Å². The van der Waals surface area contributed by atoms with E-state index >= 15 is 0 Å². The number of nitrogens with zero attached hydrogens (tertiary/aromatic N) is 3. The van der Waals surface area contributed by atoms with Crippen molar-refractivity contribution in [3.8, 4) is 11.5 Å².